The predicted molar refractivity (Wildman–Crippen MR) is 96.2 cm³/mol. The number of furan rings is 1. The number of hydrogen-bond donors (Lipinski definition) is 2. The maximum Gasteiger partial charge on any atom is 0.291 e. The predicted octanol–water partition coefficient (Wildman–Crippen LogP) is 2.98. The van der Waals surface area contributed by atoms with Crippen molar-refractivity contribution in [3.63, 3.8) is 0 Å². The van der Waals surface area contributed by atoms with E-state index in [1.807, 2.05) is 24.3 Å². The lowest BCUT2D eigenvalue weighted by Gasteiger charge is -2.05. The van der Waals surface area contributed by atoms with E-state index in [0.29, 0.717) is 11.3 Å². The Morgan fingerprint density at radius 2 is 1.84 bits per heavy atom. The molecule has 5 nitrogen and oxygen atoms in total. The van der Waals surface area contributed by atoms with Gasteiger partial charge in [-0.1, -0.05) is 36.3 Å². The zero-order chi connectivity index (χ0) is 17.6. The lowest BCUT2D eigenvalue weighted by molar-refractivity contribution is -0.120. The lowest BCUT2D eigenvalue weighted by atomic mass is 10.1. The summed E-state index contributed by atoms with van der Waals surface area (Å²) in [5, 5.41) is 6.25. The minimum Gasteiger partial charge on any atom is -0.451 e. The first-order valence-corrected chi connectivity index (χ1v) is 7.75. The second kappa shape index (κ2) is 7.37. The van der Waals surface area contributed by atoms with Gasteiger partial charge in [-0.25, -0.2) is 0 Å². The van der Waals surface area contributed by atoms with Crippen molar-refractivity contribution in [2.24, 2.45) is 0 Å². The fourth-order valence-corrected chi connectivity index (χ4v) is 2.39. The third kappa shape index (κ3) is 4.06. The Labute approximate surface area is 145 Å². The van der Waals surface area contributed by atoms with Crippen molar-refractivity contribution in [3.8, 4) is 12.3 Å². The Hall–Kier alpha value is -3.52. The number of carbonyl (C=O) groups excluding carboxylic acids is 2. The van der Waals surface area contributed by atoms with E-state index in [0.717, 1.165) is 10.9 Å². The average molecular weight is 332 g/mol. The van der Waals surface area contributed by atoms with Gasteiger partial charge in [0.15, 0.2) is 5.76 Å². The van der Waals surface area contributed by atoms with Crippen molar-refractivity contribution in [1.29, 1.82) is 0 Å². The summed E-state index contributed by atoms with van der Waals surface area (Å²) < 4.78 is 5.53. The van der Waals surface area contributed by atoms with Gasteiger partial charge in [0.1, 0.15) is 5.58 Å². The maximum absolute atomic E-state index is 12.3. The molecule has 0 aliphatic heterocycles. The van der Waals surface area contributed by atoms with E-state index in [4.69, 9.17) is 10.8 Å². The van der Waals surface area contributed by atoms with Gasteiger partial charge in [-0.3, -0.25) is 9.59 Å². The minimum absolute atomic E-state index is 0.142. The van der Waals surface area contributed by atoms with Crippen LogP contribution in [0.2, 0.25) is 0 Å². The van der Waals surface area contributed by atoms with Crippen LogP contribution in [0, 0.1) is 12.3 Å². The largest absolute Gasteiger partial charge is 0.451 e. The zero-order valence-electron chi connectivity index (χ0n) is 13.4. The monoisotopic (exact) mass is 332 g/mol. The van der Waals surface area contributed by atoms with Crippen LogP contribution >= 0.6 is 0 Å². The molecule has 2 amide bonds. The fourth-order valence-electron chi connectivity index (χ4n) is 2.39. The summed E-state index contributed by atoms with van der Waals surface area (Å²) in [5.41, 5.74) is 2.12. The summed E-state index contributed by atoms with van der Waals surface area (Å²) in [4.78, 5) is 23.9. The highest BCUT2D eigenvalue weighted by Gasteiger charge is 2.12. The van der Waals surface area contributed by atoms with E-state index in [1.165, 1.54) is 0 Å². The van der Waals surface area contributed by atoms with E-state index in [1.54, 1.807) is 30.3 Å². The maximum atomic E-state index is 12.3. The summed E-state index contributed by atoms with van der Waals surface area (Å²) in [6.07, 6.45) is 5.33. The number of anilines is 1. The molecule has 0 saturated carbocycles. The van der Waals surface area contributed by atoms with Crippen LogP contribution in [0.15, 0.2) is 59.0 Å². The molecule has 0 aliphatic rings. The number of fused-ring (bicyclic) bond motifs is 1. The standard InChI is InChI=1S/C20H16N2O3/c1-2-11-21-19(23)12-14-7-9-16(10-8-14)22-20(24)18-13-15-5-3-4-6-17(15)25-18/h1,3-10,13H,11-12H2,(H,21,23)(H,22,24). The zero-order valence-corrected chi connectivity index (χ0v) is 13.4. The normalized spacial score (nSPS) is 10.2. The molecular formula is C20H16N2O3. The third-order valence-electron chi connectivity index (χ3n) is 3.61. The van der Waals surface area contributed by atoms with Gasteiger partial charge in [-0.15, -0.1) is 6.42 Å². The topological polar surface area (TPSA) is 71.3 Å². The van der Waals surface area contributed by atoms with Crippen LogP contribution in [0.1, 0.15) is 16.1 Å². The number of nitrogens with one attached hydrogen (secondary N) is 2. The molecule has 3 rings (SSSR count). The molecule has 0 bridgehead atoms. The molecule has 1 heterocycles. The van der Waals surface area contributed by atoms with Gasteiger partial charge in [0.25, 0.3) is 5.91 Å². The summed E-state index contributed by atoms with van der Waals surface area (Å²) in [5.74, 6) is 2.14. The van der Waals surface area contributed by atoms with Gasteiger partial charge in [0.05, 0.1) is 13.0 Å². The molecule has 2 aromatic carbocycles. The molecule has 124 valence electrons. The Morgan fingerprint density at radius 1 is 1.08 bits per heavy atom. The fraction of sp³-hybridized carbons (Fsp3) is 0.100. The van der Waals surface area contributed by atoms with Gasteiger partial charge < -0.3 is 15.1 Å². The average Bonchev–Trinajstić information content (AvgIpc) is 3.06. The van der Waals surface area contributed by atoms with E-state index in [9.17, 15) is 9.59 Å². The van der Waals surface area contributed by atoms with E-state index >= 15 is 0 Å². The van der Waals surface area contributed by atoms with E-state index in [-0.39, 0.29) is 30.5 Å². The number of amides is 2. The molecule has 0 aliphatic carbocycles. The quantitative estimate of drug-likeness (QED) is 0.706. The highest BCUT2D eigenvalue weighted by molar-refractivity contribution is 6.04. The van der Waals surface area contributed by atoms with Crippen LogP contribution in [-0.2, 0) is 11.2 Å². The lowest BCUT2D eigenvalue weighted by Crippen LogP contribution is -2.25. The molecule has 0 saturated heterocycles. The van der Waals surface area contributed by atoms with Crippen LogP contribution in [0.25, 0.3) is 11.0 Å². The first-order chi connectivity index (χ1) is 12.2. The summed E-state index contributed by atoms with van der Waals surface area (Å²) in [6.45, 7) is 0.213. The Bertz CT molecular complexity index is 916. The Kier molecular flexibility index (Phi) is 4.82. The number of benzene rings is 2. The van der Waals surface area contributed by atoms with Gasteiger partial charge in [-0.05, 0) is 29.8 Å². The van der Waals surface area contributed by atoms with Crippen molar-refractivity contribution in [3.05, 3.63) is 65.9 Å². The summed E-state index contributed by atoms with van der Waals surface area (Å²) in [6, 6.07) is 16.2. The van der Waals surface area contributed by atoms with Gasteiger partial charge in [-0.2, -0.15) is 0 Å². The molecule has 1 aromatic heterocycles. The van der Waals surface area contributed by atoms with Crippen molar-refractivity contribution >= 4 is 28.5 Å². The molecule has 0 radical (unpaired) electrons. The van der Waals surface area contributed by atoms with Crippen molar-refractivity contribution in [1.82, 2.24) is 5.32 Å². The third-order valence-corrected chi connectivity index (χ3v) is 3.61. The number of rotatable bonds is 5. The van der Waals surface area contributed by atoms with Crippen LogP contribution in [-0.4, -0.2) is 18.4 Å². The molecule has 2 N–H and O–H groups in total. The summed E-state index contributed by atoms with van der Waals surface area (Å²) >= 11 is 0. The van der Waals surface area contributed by atoms with Gasteiger partial charge in [0.2, 0.25) is 5.91 Å². The summed E-state index contributed by atoms with van der Waals surface area (Å²) in [7, 11) is 0. The van der Waals surface area contributed by atoms with Crippen LogP contribution < -0.4 is 10.6 Å². The number of carbonyl (C=O) groups is 2. The SMILES string of the molecule is C#CCNC(=O)Cc1ccc(NC(=O)c2cc3ccccc3o2)cc1. The number of hydrogen-bond acceptors (Lipinski definition) is 3. The first kappa shape index (κ1) is 16.3. The smallest absolute Gasteiger partial charge is 0.291 e. The van der Waals surface area contributed by atoms with E-state index in [2.05, 4.69) is 16.6 Å². The highest BCUT2D eigenvalue weighted by atomic mass is 16.3. The van der Waals surface area contributed by atoms with Crippen molar-refractivity contribution < 1.29 is 14.0 Å². The second-order valence-corrected chi connectivity index (χ2v) is 5.46. The Balaban J connectivity index is 1.63. The molecule has 0 spiro atoms. The van der Waals surface area contributed by atoms with Crippen molar-refractivity contribution in [2.75, 3.05) is 11.9 Å². The van der Waals surface area contributed by atoms with Gasteiger partial charge >= 0.3 is 0 Å². The number of terminal acetylenes is 1. The van der Waals surface area contributed by atoms with Gasteiger partial charge in [0, 0.05) is 11.1 Å². The molecular weight excluding hydrogens is 316 g/mol. The van der Waals surface area contributed by atoms with Crippen LogP contribution in [0.4, 0.5) is 5.69 Å². The molecule has 0 fully saturated rings. The van der Waals surface area contributed by atoms with Crippen molar-refractivity contribution in [2.45, 2.75) is 6.42 Å². The molecule has 0 unspecified atom stereocenters. The minimum atomic E-state index is -0.323. The molecule has 25 heavy (non-hydrogen) atoms. The highest BCUT2D eigenvalue weighted by Crippen LogP contribution is 2.20. The Morgan fingerprint density at radius 3 is 2.56 bits per heavy atom. The van der Waals surface area contributed by atoms with Crippen LogP contribution in [0.3, 0.4) is 0 Å². The number of para-hydroxylation sites is 1. The second-order valence-electron chi connectivity index (χ2n) is 5.46. The molecule has 5 heteroatoms. The molecule has 3 aromatic rings. The first-order valence-electron chi connectivity index (χ1n) is 7.75. The van der Waals surface area contributed by atoms with Crippen LogP contribution in [0.5, 0.6) is 0 Å². The van der Waals surface area contributed by atoms with E-state index < -0.39 is 0 Å². The molecule has 0 atom stereocenters.